The Balaban J connectivity index is 1.15. The monoisotopic (exact) mass is 590 g/mol. The van der Waals surface area contributed by atoms with Gasteiger partial charge in [-0.1, -0.05) is 32.9 Å². The van der Waals surface area contributed by atoms with Gasteiger partial charge in [0.05, 0.1) is 30.5 Å². The van der Waals surface area contributed by atoms with Crippen molar-refractivity contribution >= 4 is 5.97 Å². The number of carbonyl (C=O) groups is 1. The highest BCUT2D eigenvalue weighted by Crippen LogP contribution is 2.66. The number of rotatable bonds is 1. The third kappa shape index (κ3) is 3.88. The molecule has 1 saturated carbocycles. The minimum Gasteiger partial charge on any atom is -0.462 e. The molecule has 8 rings (SSSR count). The van der Waals surface area contributed by atoms with E-state index in [0.29, 0.717) is 25.2 Å². The zero-order chi connectivity index (χ0) is 29.4. The summed E-state index contributed by atoms with van der Waals surface area (Å²) in [4.78, 5) is 14.3. The number of esters is 1. The summed E-state index contributed by atoms with van der Waals surface area (Å²) in [5.74, 6) is -1.81. The molecule has 0 aromatic rings. The van der Waals surface area contributed by atoms with Crippen molar-refractivity contribution in [1.29, 1.82) is 0 Å². The second-order valence-electron chi connectivity index (χ2n) is 15.1. The van der Waals surface area contributed by atoms with Gasteiger partial charge in [0, 0.05) is 25.7 Å². The lowest BCUT2D eigenvalue weighted by molar-refractivity contribution is -0.336. The van der Waals surface area contributed by atoms with Gasteiger partial charge < -0.3 is 43.4 Å². The zero-order valence-corrected chi connectivity index (χ0v) is 25.3. The van der Waals surface area contributed by atoms with Crippen molar-refractivity contribution < 1.29 is 48.2 Å². The minimum absolute atomic E-state index is 0.0558. The lowest BCUT2D eigenvalue weighted by Crippen LogP contribution is -2.69. The Kier molecular flexibility index (Phi) is 6.08. The number of carbonyl (C=O) groups excluding carboxylic acids is 1. The third-order valence-corrected chi connectivity index (χ3v) is 12.1. The van der Waals surface area contributed by atoms with Crippen molar-refractivity contribution in [3.63, 3.8) is 0 Å². The van der Waals surface area contributed by atoms with E-state index in [1.807, 2.05) is 6.08 Å². The molecule has 2 spiro atoms. The van der Waals surface area contributed by atoms with E-state index >= 15 is 0 Å². The van der Waals surface area contributed by atoms with Crippen molar-refractivity contribution in [3.05, 3.63) is 12.2 Å². The van der Waals surface area contributed by atoms with Gasteiger partial charge in [-0.25, -0.2) is 0 Å². The molecule has 0 amide bonds. The molecule has 0 radical (unpaired) electrons. The van der Waals surface area contributed by atoms with Gasteiger partial charge >= 0.3 is 5.97 Å². The van der Waals surface area contributed by atoms with Crippen LogP contribution in [-0.2, 0) is 38.0 Å². The van der Waals surface area contributed by atoms with Gasteiger partial charge in [0.25, 0.3) is 0 Å². The highest BCUT2D eigenvalue weighted by atomic mass is 16.7. The lowest BCUT2D eigenvalue weighted by Gasteiger charge is -2.50. The molecular weight excluding hydrogens is 544 g/mol. The van der Waals surface area contributed by atoms with E-state index in [4.69, 9.17) is 33.2 Å². The number of aliphatic hydroxyl groups is 2. The number of epoxide rings is 3. The second-order valence-corrected chi connectivity index (χ2v) is 15.1. The fourth-order valence-corrected chi connectivity index (χ4v) is 9.41. The van der Waals surface area contributed by atoms with E-state index in [2.05, 4.69) is 33.8 Å². The molecule has 8 aliphatic rings. The van der Waals surface area contributed by atoms with Gasteiger partial charge in [0.1, 0.15) is 47.6 Å². The van der Waals surface area contributed by atoms with Gasteiger partial charge in [-0.3, -0.25) is 4.79 Å². The molecule has 42 heavy (non-hydrogen) atoms. The Morgan fingerprint density at radius 3 is 2.57 bits per heavy atom. The van der Waals surface area contributed by atoms with Gasteiger partial charge in [0.15, 0.2) is 11.4 Å². The number of aliphatic hydroxyl groups excluding tert-OH is 1. The zero-order valence-electron chi connectivity index (χ0n) is 25.3. The Hall–Kier alpha value is -1.11. The van der Waals surface area contributed by atoms with Crippen molar-refractivity contribution in [3.8, 4) is 0 Å². The van der Waals surface area contributed by atoms with Gasteiger partial charge in [0.2, 0.25) is 0 Å². The smallest absolute Gasteiger partial charge is 0.315 e. The highest BCUT2D eigenvalue weighted by molar-refractivity contribution is 5.77. The van der Waals surface area contributed by atoms with Crippen LogP contribution < -0.4 is 0 Å². The van der Waals surface area contributed by atoms with Crippen LogP contribution in [0.2, 0.25) is 0 Å². The summed E-state index contributed by atoms with van der Waals surface area (Å²) in [6, 6.07) is 0. The molecule has 234 valence electrons. The summed E-state index contributed by atoms with van der Waals surface area (Å²) in [5.41, 5.74) is -4.21. The molecule has 2 N–H and O–H groups in total. The SMILES string of the molecule is CC[C@H]1O[C@]2(CC[C@@H]1C)C[C@@H]1C[C@@H](C[C@@H]3O[C@@]3(C)C[C@@H](C)C=C[C@@H]3O[C@@]34CO[C@@H]3[C@H](O)[C@]5(C)O[C@@H]5[C@@H](C(=O)O1)[C@@]34O)O2. The first-order valence-corrected chi connectivity index (χ1v) is 16.2. The van der Waals surface area contributed by atoms with E-state index < -0.39 is 65.0 Å². The van der Waals surface area contributed by atoms with Crippen LogP contribution in [0, 0.1) is 17.8 Å². The van der Waals surface area contributed by atoms with Crippen LogP contribution in [0.5, 0.6) is 0 Å². The summed E-state index contributed by atoms with van der Waals surface area (Å²) >= 11 is 0. The van der Waals surface area contributed by atoms with Crippen LogP contribution in [-0.4, -0.2) is 99.8 Å². The second kappa shape index (κ2) is 9.00. The number of hydrogen-bond donors (Lipinski definition) is 2. The topological polar surface area (TPSA) is 132 Å². The van der Waals surface area contributed by atoms with Gasteiger partial charge in [-0.05, 0) is 44.9 Å². The maximum absolute atomic E-state index is 14.3. The fourth-order valence-electron chi connectivity index (χ4n) is 9.41. The normalized spacial score (nSPS) is 61.4. The minimum atomic E-state index is -1.80. The van der Waals surface area contributed by atoms with E-state index in [-0.39, 0.29) is 36.4 Å². The van der Waals surface area contributed by atoms with Crippen molar-refractivity contribution in [2.24, 2.45) is 17.8 Å². The van der Waals surface area contributed by atoms with Crippen molar-refractivity contribution in [2.75, 3.05) is 6.61 Å². The number of ether oxygens (including phenoxy) is 7. The van der Waals surface area contributed by atoms with Crippen molar-refractivity contribution in [2.45, 2.75) is 157 Å². The molecule has 7 heterocycles. The summed E-state index contributed by atoms with van der Waals surface area (Å²) in [7, 11) is 0. The molecule has 7 aliphatic heterocycles. The average Bonchev–Trinajstić information content (AvgIpc) is 3.86. The molecule has 1 aliphatic carbocycles. The summed E-state index contributed by atoms with van der Waals surface area (Å²) in [6.07, 6.45) is 5.34. The first-order valence-electron chi connectivity index (χ1n) is 16.2. The molecule has 0 aromatic carbocycles. The predicted molar refractivity (Wildman–Crippen MR) is 146 cm³/mol. The molecule has 16 atom stereocenters. The van der Waals surface area contributed by atoms with E-state index in [0.717, 1.165) is 25.7 Å². The molecular formula is C32H46O10. The fraction of sp³-hybridized carbons (Fsp3) is 0.906. The van der Waals surface area contributed by atoms with Gasteiger partial charge in [-0.15, -0.1) is 0 Å². The highest BCUT2D eigenvalue weighted by Gasteiger charge is 2.87. The van der Waals surface area contributed by atoms with E-state index in [1.165, 1.54) is 0 Å². The van der Waals surface area contributed by atoms with E-state index in [9.17, 15) is 15.0 Å². The molecule has 0 unspecified atom stereocenters. The van der Waals surface area contributed by atoms with Crippen LogP contribution in [0.4, 0.5) is 0 Å². The average molecular weight is 591 g/mol. The number of fused-ring (bicyclic) bond motifs is 5. The Bertz CT molecular complexity index is 1180. The summed E-state index contributed by atoms with van der Waals surface area (Å²) in [5, 5.41) is 23.7. The largest absolute Gasteiger partial charge is 0.462 e. The Morgan fingerprint density at radius 2 is 1.79 bits per heavy atom. The molecule has 10 heteroatoms. The Labute approximate surface area is 247 Å². The first kappa shape index (κ1) is 28.4. The molecule has 2 bridgehead atoms. The van der Waals surface area contributed by atoms with Gasteiger partial charge in [-0.2, -0.15) is 0 Å². The quantitative estimate of drug-likeness (QED) is 0.267. The predicted octanol–water partition coefficient (Wildman–Crippen LogP) is 2.56. The molecule has 0 aromatic heterocycles. The molecule has 6 saturated heterocycles. The molecule has 10 nitrogen and oxygen atoms in total. The van der Waals surface area contributed by atoms with Crippen LogP contribution in [0.1, 0.15) is 79.6 Å². The number of allylic oxidation sites excluding steroid dienone is 1. The maximum Gasteiger partial charge on any atom is 0.315 e. The summed E-state index contributed by atoms with van der Waals surface area (Å²) in [6.45, 7) is 10.5. The third-order valence-electron chi connectivity index (χ3n) is 12.1. The van der Waals surface area contributed by atoms with Crippen LogP contribution in [0.25, 0.3) is 0 Å². The van der Waals surface area contributed by atoms with E-state index in [1.54, 1.807) is 6.92 Å². The van der Waals surface area contributed by atoms with Crippen LogP contribution >= 0.6 is 0 Å². The lowest BCUT2D eigenvalue weighted by atomic mass is 9.63. The van der Waals surface area contributed by atoms with Crippen molar-refractivity contribution in [1.82, 2.24) is 0 Å². The van der Waals surface area contributed by atoms with Crippen LogP contribution in [0.3, 0.4) is 0 Å². The maximum atomic E-state index is 14.3. The number of hydrogen-bond acceptors (Lipinski definition) is 10. The Morgan fingerprint density at radius 1 is 0.976 bits per heavy atom. The van der Waals surface area contributed by atoms with Crippen LogP contribution in [0.15, 0.2) is 12.2 Å². The summed E-state index contributed by atoms with van der Waals surface area (Å²) < 4.78 is 44.3. The molecule has 7 fully saturated rings. The first-order chi connectivity index (χ1) is 19.9. The standard InChI is InChI=1S/C32H46O10/c1-6-20-17(3)9-10-30(39-20)14-19-11-18(38-30)12-22-28(4,40-22)13-16(2)7-8-21-31(41-21)15-36-26-24(33)29(5)25(42-29)23(27(34)37-19)32(26,31)35/h7-8,16-26,33,35H,6,9-15H2,1-5H3/t16-,17-,18-,19-,20+,21-,22-,23-,24-,25+,26+,28-,29-,30+,31-,32+/m0/s1.